The van der Waals surface area contributed by atoms with Crippen molar-refractivity contribution in [2.24, 2.45) is 4.99 Å². The lowest BCUT2D eigenvalue weighted by Gasteiger charge is -2.08. The van der Waals surface area contributed by atoms with E-state index >= 15 is 0 Å². The highest BCUT2D eigenvalue weighted by molar-refractivity contribution is 7.16. The molecule has 0 radical (unpaired) electrons. The fraction of sp³-hybridized carbons (Fsp3) is 0.100. The lowest BCUT2D eigenvalue weighted by molar-refractivity contribution is 0.624. The summed E-state index contributed by atoms with van der Waals surface area (Å²) in [5.74, 6) is -0.510. The van der Waals surface area contributed by atoms with Gasteiger partial charge in [-0.25, -0.2) is 4.39 Å². The zero-order valence-electron chi connectivity index (χ0n) is 13.9. The van der Waals surface area contributed by atoms with Gasteiger partial charge in [0.25, 0.3) is 0 Å². The second kappa shape index (κ2) is 6.88. The first-order valence-electron chi connectivity index (χ1n) is 7.66. The van der Waals surface area contributed by atoms with Gasteiger partial charge in [0.2, 0.25) is 0 Å². The summed E-state index contributed by atoms with van der Waals surface area (Å²) in [6, 6.07) is 14.4. The highest BCUT2D eigenvalue weighted by Crippen LogP contribution is 2.40. The summed E-state index contributed by atoms with van der Waals surface area (Å²) in [5, 5.41) is 8.90. The number of nitrogens with two attached hydrogens (primary N) is 1. The van der Waals surface area contributed by atoms with Crippen LogP contribution in [0.4, 0.5) is 10.1 Å². The van der Waals surface area contributed by atoms with Crippen LogP contribution in [0.3, 0.4) is 0 Å². The Kier molecular flexibility index (Phi) is 4.64. The number of aliphatic imine (C=N–C) groups is 1. The first-order valence-corrected chi connectivity index (χ1v) is 8.47. The average molecular weight is 349 g/mol. The molecule has 2 N–H and O–H groups in total. The van der Waals surface area contributed by atoms with Crippen LogP contribution in [-0.4, -0.2) is 13.3 Å². The zero-order valence-corrected chi connectivity index (χ0v) is 14.7. The van der Waals surface area contributed by atoms with Crippen molar-refractivity contribution in [2.45, 2.75) is 6.92 Å². The van der Waals surface area contributed by atoms with E-state index in [-0.39, 0.29) is 5.56 Å². The van der Waals surface area contributed by atoms with Crippen LogP contribution in [0.25, 0.3) is 21.6 Å². The maximum Gasteiger partial charge on any atom is 0.141 e. The summed E-state index contributed by atoms with van der Waals surface area (Å²) in [4.78, 5) is 6.13. The Labute approximate surface area is 149 Å². The van der Waals surface area contributed by atoms with E-state index in [0.29, 0.717) is 5.69 Å². The molecule has 0 saturated carbocycles. The first-order chi connectivity index (χ1) is 12.0. The van der Waals surface area contributed by atoms with E-state index in [9.17, 15) is 4.39 Å². The van der Waals surface area contributed by atoms with Crippen LogP contribution in [0.15, 0.2) is 47.5 Å². The highest BCUT2D eigenvalue weighted by Gasteiger charge is 2.14. The number of hydrogen-bond donors (Lipinski definition) is 1. The van der Waals surface area contributed by atoms with Crippen molar-refractivity contribution < 1.29 is 4.39 Å². The van der Waals surface area contributed by atoms with Crippen LogP contribution < -0.4 is 5.73 Å². The number of aryl methyl sites for hydroxylation is 1. The van der Waals surface area contributed by atoms with Crippen LogP contribution in [0.1, 0.15) is 16.0 Å². The quantitative estimate of drug-likeness (QED) is 0.532. The summed E-state index contributed by atoms with van der Waals surface area (Å²) in [7, 11) is 1.70. The smallest absolute Gasteiger partial charge is 0.141 e. The number of hydrogen-bond acceptors (Lipinski definition) is 4. The lowest BCUT2D eigenvalue weighted by Crippen LogP contribution is -1.93. The average Bonchev–Trinajstić information content (AvgIpc) is 2.98. The van der Waals surface area contributed by atoms with Crippen LogP contribution in [-0.2, 0) is 0 Å². The van der Waals surface area contributed by atoms with E-state index in [1.54, 1.807) is 30.7 Å². The molecule has 124 valence electrons. The Morgan fingerprint density at radius 1 is 1.16 bits per heavy atom. The molecule has 3 aromatic rings. The summed E-state index contributed by atoms with van der Waals surface area (Å²) in [5.41, 5.74) is 10.3. The molecule has 3 nitrogen and oxygen atoms in total. The molecule has 0 bridgehead atoms. The van der Waals surface area contributed by atoms with Gasteiger partial charge in [-0.3, -0.25) is 4.99 Å². The number of nitrogen functional groups attached to an aromatic ring is 1. The fourth-order valence-electron chi connectivity index (χ4n) is 2.69. The van der Waals surface area contributed by atoms with Crippen molar-refractivity contribution >= 4 is 23.2 Å². The molecule has 2 aromatic carbocycles. The number of rotatable bonds is 3. The van der Waals surface area contributed by atoms with Gasteiger partial charge in [-0.15, -0.1) is 11.3 Å². The monoisotopic (exact) mass is 349 g/mol. The lowest BCUT2D eigenvalue weighted by atomic mass is 10.00. The number of thiophene rings is 1. The summed E-state index contributed by atoms with van der Waals surface area (Å²) in [6.07, 6.45) is 1.72. The number of benzene rings is 2. The Morgan fingerprint density at radius 3 is 2.56 bits per heavy atom. The SMILES string of the molecule is CN=Cc1ccc(-c2sc(C)cc2-c2ccc(C#N)c(F)c2)cc1N. The van der Waals surface area contributed by atoms with E-state index in [1.807, 2.05) is 37.3 Å². The molecule has 0 aliphatic carbocycles. The Hall–Kier alpha value is -2.97. The minimum atomic E-state index is -0.510. The maximum absolute atomic E-state index is 14.0. The Bertz CT molecular complexity index is 1010. The molecule has 25 heavy (non-hydrogen) atoms. The molecule has 1 aromatic heterocycles. The normalized spacial score (nSPS) is 11.0. The predicted octanol–water partition coefficient (Wildman–Crippen LogP) is 5.03. The van der Waals surface area contributed by atoms with E-state index < -0.39 is 5.82 Å². The third-order valence-corrected chi connectivity index (χ3v) is 4.97. The fourth-order valence-corrected chi connectivity index (χ4v) is 3.72. The van der Waals surface area contributed by atoms with Crippen molar-refractivity contribution in [1.29, 1.82) is 5.26 Å². The molecule has 1 heterocycles. The number of halogens is 1. The predicted molar refractivity (Wildman–Crippen MR) is 103 cm³/mol. The van der Waals surface area contributed by atoms with Gasteiger partial charge in [0.15, 0.2) is 0 Å². The number of nitrogens with zero attached hydrogens (tertiary/aromatic N) is 2. The molecule has 3 rings (SSSR count). The van der Waals surface area contributed by atoms with Gasteiger partial charge in [0.05, 0.1) is 5.56 Å². The third kappa shape index (κ3) is 3.30. The van der Waals surface area contributed by atoms with Crippen molar-refractivity contribution in [3.05, 3.63) is 64.3 Å². The van der Waals surface area contributed by atoms with Crippen LogP contribution in [0.2, 0.25) is 0 Å². The highest BCUT2D eigenvalue weighted by atomic mass is 32.1. The molecule has 0 spiro atoms. The van der Waals surface area contributed by atoms with Crippen molar-refractivity contribution in [1.82, 2.24) is 0 Å². The minimum absolute atomic E-state index is 0.0460. The maximum atomic E-state index is 14.0. The van der Waals surface area contributed by atoms with Gasteiger partial charge in [0, 0.05) is 39.8 Å². The van der Waals surface area contributed by atoms with Gasteiger partial charge >= 0.3 is 0 Å². The second-order valence-electron chi connectivity index (χ2n) is 5.64. The number of nitriles is 1. The van der Waals surface area contributed by atoms with Gasteiger partial charge < -0.3 is 5.73 Å². The Balaban J connectivity index is 2.12. The van der Waals surface area contributed by atoms with E-state index in [0.717, 1.165) is 32.0 Å². The van der Waals surface area contributed by atoms with E-state index in [2.05, 4.69) is 4.99 Å². The second-order valence-corrected chi connectivity index (χ2v) is 6.89. The van der Waals surface area contributed by atoms with Crippen molar-refractivity contribution in [2.75, 3.05) is 12.8 Å². The minimum Gasteiger partial charge on any atom is -0.398 e. The first kappa shape index (κ1) is 16.9. The number of anilines is 1. The van der Waals surface area contributed by atoms with Crippen LogP contribution >= 0.6 is 11.3 Å². The van der Waals surface area contributed by atoms with Crippen molar-refractivity contribution in [3.8, 4) is 27.6 Å². The summed E-state index contributed by atoms with van der Waals surface area (Å²) >= 11 is 1.63. The molecular formula is C20H16FN3S. The summed E-state index contributed by atoms with van der Waals surface area (Å²) < 4.78 is 14.0. The molecule has 0 aliphatic rings. The van der Waals surface area contributed by atoms with E-state index in [1.165, 1.54) is 12.1 Å². The molecule has 5 heteroatoms. The van der Waals surface area contributed by atoms with Gasteiger partial charge in [0.1, 0.15) is 11.9 Å². The van der Waals surface area contributed by atoms with Crippen LogP contribution in [0, 0.1) is 24.1 Å². The molecular weight excluding hydrogens is 333 g/mol. The molecule has 0 amide bonds. The summed E-state index contributed by atoms with van der Waals surface area (Å²) in [6.45, 7) is 2.01. The molecule has 0 fully saturated rings. The Morgan fingerprint density at radius 2 is 1.92 bits per heavy atom. The van der Waals surface area contributed by atoms with Gasteiger partial charge in [-0.05, 0) is 42.3 Å². The van der Waals surface area contributed by atoms with Gasteiger partial charge in [-0.1, -0.05) is 18.2 Å². The molecule has 0 aliphatic heterocycles. The standard InChI is InChI=1S/C20H16FN3S/c1-12-7-17(13-3-5-15(10-22)18(21)8-13)20(25-12)14-4-6-16(11-24-2)19(23)9-14/h3-9,11H,23H2,1-2H3. The molecule has 0 unspecified atom stereocenters. The zero-order chi connectivity index (χ0) is 18.0. The topological polar surface area (TPSA) is 62.2 Å². The van der Waals surface area contributed by atoms with Gasteiger partial charge in [-0.2, -0.15) is 5.26 Å². The molecule has 0 atom stereocenters. The third-order valence-electron chi connectivity index (χ3n) is 3.87. The van der Waals surface area contributed by atoms with Crippen LogP contribution in [0.5, 0.6) is 0 Å². The van der Waals surface area contributed by atoms with E-state index in [4.69, 9.17) is 11.0 Å². The largest absolute Gasteiger partial charge is 0.398 e. The molecule has 0 saturated heterocycles. The van der Waals surface area contributed by atoms with Crippen molar-refractivity contribution in [3.63, 3.8) is 0 Å².